The maximum Gasteiger partial charge on any atom is 0.0142 e. The van der Waals surface area contributed by atoms with Gasteiger partial charge in [-0.25, -0.2) is 0 Å². The maximum absolute atomic E-state index is 2.42. The summed E-state index contributed by atoms with van der Waals surface area (Å²) < 4.78 is 0. The van der Waals surface area contributed by atoms with Gasteiger partial charge in [0.2, 0.25) is 0 Å². The van der Waals surface area contributed by atoms with E-state index in [1.54, 1.807) is 0 Å². The summed E-state index contributed by atoms with van der Waals surface area (Å²) in [6.07, 6.45) is 10.7. The molecule has 3 rings (SSSR count). The van der Waals surface area contributed by atoms with Crippen LogP contribution in [-0.4, -0.2) is 0 Å². The van der Waals surface area contributed by atoms with Crippen LogP contribution in [0.4, 0.5) is 0 Å². The largest absolute Gasteiger partial charge is 0.0801 e. The van der Waals surface area contributed by atoms with E-state index in [1.165, 1.54) is 34.8 Å². The van der Waals surface area contributed by atoms with Crippen LogP contribution in [0, 0.1) is 0 Å². The smallest absolute Gasteiger partial charge is 0.0142 e. The van der Waals surface area contributed by atoms with Gasteiger partial charge in [-0.1, -0.05) is 86.5 Å². The molecular weight excluding hydrogens is 240 g/mol. The van der Waals surface area contributed by atoms with Crippen molar-refractivity contribution in [2.75, 3.05) is 0 Å². The van der Waals surface area contributed by atoms with Crippen LogP contribution < -0.4 is 0 Å². The second-order valence-corrected chi connectivity index (χ2v) is 6.05. The minimum atomic E-state index is 0.140. The van der Waals surface area contributed by atoms with Crippen molar-refractivity contribution in [2.45, 2.75) is 38.5 Å². The highest BCUT2D eigenvalue weighted by Crippen LogP contribution is 2.35. The molecule has 0 radical (unpaired) electrons. The first kappa shape index (κ1) is 13.2. The highest BCUT2D eigenvalue weighted by atomic mass is 14.3. The first-order valence-corrected chi connectivity index (χ1v) is 7.59. The summed E-state index contributed by atoms with van der Waals surface area (Å²) >= 11 is 0. The molecule has 1 aliphatic carbocycles. The van der Waals surface area contributed by atoms with Crippen LogP contribution in [0.15, 0.2) is 66.3 Å². The molecule has 0 spiro atoms. The normalized spacial score (nSPS) is 22.0. The molecule has 0 saturated carbocycles. The molecule has 0 amide bonds. The molecule has 0 nitrogen and oxygen atoms in total. The Morgan fingerprint density at radius 3 is 2.55 bits per heavy atom. The van der Waals surface area contributed by atoms with Gasteiger partial charge < -0.3 is 0 Å². The fourth-order valence-electron chi connectivity index (χ4n) is 3.00. The molecule has 1 unspecified atom stereocenters. The molecule has 0 aliphatic heterocycles. The van der Waals surface area contributed by atoms with Crippen molar-refractivity contribution in [2.24, 2.45) is 0 Å². The van der Waals surface area contributed by atoms with Gasteiger partial charge in [0.15, 0.2) is 0 Å². The van der Waals surface area contributed by atoms with Crippen LogP contribution in [0.25, 0.3) is 10.8 Å². The van der Waals surface area contributed by atoms with Crippen molar-refractivity contribution in [3.05, 3.63) is 71.8 Å². The van der Waals surface area contributed by atoms with E-state index in [-0.39, 0.29) is 5.41 Å². The van der Waals surface area contributed by atoms with Gasteiger partial charge >= 0.3 is 0 Å². The molecule has 0 bridgehead atoms. The average molecular weight is 262 g/mol. The van der Waals surface area contributed by atoms with Crippen LogP contribution in [0.5, 0.6) is 0 Å². The van der Waals surface area contributed by atoms with Crippen molar-refractivity contribution in [3.63, 3.8) is 0 Å². The highest BCUT2D eigenvalue weighted by molar-refractivity contribution is 5.83. The highest BCUT2D eigenvalue weighted by Gasteiger charge is 2.24. The first-order chi connectivity index (χ1) is 9.71. The Hall–Kier alpha value is -1.82. The molecule has 1 atom stereocenters. The summed E-state index contributed by atoms with van der Waals surface area (Å²) in [5.41, 5.74) is 3.05. The van der Waals surface area contributed by atoms with Gasteiger partial charge in [-0.3, -0.25) is 0 Å². The Bertz CT molecular complexity index is 675. The molecule has 0 saturated heterocycles. The van der Waals surface area contributed by atoms with E-state index in [4.69, 9.17) is 0 Å². The van der Waals surface area contributed by atoms with Crippen LogP contribution in [0.2, 0.25) is 0 Å². The lowest BCUT2D eigenvalue weighted by atomic mass is 9.75. The third-order valence-corrected chi connectivity index (χ3v) is 4.40. The van der Waals surface area contributed by atoms with Gasteiger partial charge in [0.25, 0.3) is 0 Å². The number of benzene rings is 2. The molecule has 2 aromatic carbocycles. The fourth-order valence-corrected chi connectivity index (χ4v) is 3.00. The van der Waals surface area contributed by atoms with E-state index >= 15 is 0 Å². The molecule has 0 heteroatoms. The van der Waals surface area contributed by atoms with Gasteiger partial charge in [-0.15, -0.1) is 0 Å². The van der Waals surface area contributed by atoms with Crippen molar-refractivity contribution in [1.29, 1.82) is 0 Å². The topological polar surface area (TPSA) is 0 Å². The Morgan fingerprint density at radius 1 is 1.05 bits per heavy atom. The van der Waals surface area contributed by atoms with Gasteiger partial charge in [-0.05, 0) is 29.2 Å². The second-order valence-electron chi connectivity index (χ2n) is 6.05. The molecule has 0 aromatic heterocycles. The zero-order valence-corrected chi connectivity index (χ0v) is 12.4. The first-order valence-electron chi connectivity index (χ1n) is 7.59. The molecule has 20 heavy (non-hydrogen) atoms. The summed E-state index contributed by atoms with van der Waals surface area (Å²) in [5.74, 6) is 0. The van der Waals surface area contributed by atoms with Crippen LogP contribution in [0.1, 0.15) is 38.7 Å². The molecule has 0 fully saturated rings. The monoisotopic (exact) mass is 262 g/mol. The van der Waals surface area contributed by atoms with E-state index < -0.39 is 0 Å². The number of hydrogen-bond acceptors (Lipinski definition) is 0. The summed E-state index contributed by atoms with van der Waals surface area (Å²) in [4.78, 5) is 0. The van der Waals surface area contributed by atoms with E-state index in [0.29, 0.717) is 0 Å². The zero-order chi connectivity index (χ0) is 14.0. The number of hydrogen-bond donors (Lipinski definition) is 0. The molecule has 0 N–H and O–H groups in total. The van der Waals surface area contributed by atoms with Gasteiger partial charge in [0.05, 0.1) is 0 Å². The van der Waals surface area contributed by atoms with Gasteiger partial charge in [0, 0.05) is 5.41 Å². The summed E-state index contributed by atoms with van der Waals surface area (Å²) in [6, 6.07) is 15.5. The third kappa shape index (κ3) is 2.43. The summed E-state index contributed by atoms with van der Waals surface area (Å²) in [6.45, 7) is 4.58. The lowest BCUT2D eigenvalue weighted by molar-refractivity contribution is 0.594. The van der Waals surface area contributed by atoms with Crippen molar-refractivity contribution >= 4 is 10.8 Å². The molecular formula is C20H22. The SMILES string of the molecule is CCCC1=CCC(C)(c2ccc3ccccc3c2)C=C1. The van der Waals surface area contributed by atoms with Crippen LogP contribution in [0.3, 0.4) is 0 Å². The Labute approximate surface area is 121 Å². The van der Waals surface area contributed by atoms with E-state index in [1.807, 2.05) is 0 Å². The molecule has 2 aromatic rings. The van der Waals surface area contributed by atoms with Gasteiger partial charge in [-0.2, -0.15) is 0 Å². The fraction of sp³-hybridized carbons (Fsp3) is 0.300. The molecule has 102 valence electrons. The van der Waals surface area contributed by atoms with E-state index in [2.05, 4.69) is 74.5 Å². The summed E-state index contributed by atoms with van der Waals surface area (Å²) in [7, 11) is 0. The number of fused-ring (bicyclic) bond motifs is 1. The van der Waals surface area contributed by atoms with Crippen molar-refractivity contribution in [3.8, 4) is 0 Å². The van der Waals surface area contributed by atoms with Crippen molar-refractivity contribution in [1.82, 2.24) is 0 Å². The second kappa shape index (κ2) is 5.28. The number of rotatable bonds is 3. The van der Waals surface area contributed by atoms with Crippen LogP contribution >= 0.6 is 0 Å². The zero-order valence-electron chi connectivity index (χ0n) is 12.4. The standard InChI is InChI=1S/C20H22/c1-3-6-16-11-13-20(2,14-12-16)19-10-9-17-7-4-5-8-18(17)15-19/h4-5,7-13,15H,3,6,14H2,1-2H3. The average Bonchev–Trinajstić information content (AvgIpc) is 2.49. The van der Waals surface area contributed by atoms with E-state index in [9.17, 15) is 0 Å². The third-order valence-electron chi connectivity index (χ3n) is 4.40. The van der Waals surface area contributed by atoms with Crippen molar-refractivity contribution < 1.29 is 0 Å². The lowest BCUT2D eigenvalue weighted by Gasteiger charge is -2.29. The Kier molecular flexibility index (Phi) is 3.48. The Balaban J connectivity index is 1.93. The summed E-state index contributed by atoms with van der Waals surface area (Å²) in [5, 5.41) is 2.66. The Morgan fingerprint density at radius 2 is 1.85 bits per heavy atom. The predicted octanol–water partition coefficient (Wildman–Crippen LogP) is 5.78. The quantitative estimate of drug-likeness (QED) is 0.657. The predicted molar refractivity (Wildman–Crippen MR) is 88.0 cm³/mol. The number of allylic oxidation sites excluding steroid dienone is 4. The maximum atomic E-state index is 2.42. The van der Waals surface area contributed by atoms with Crippen LogP contribution in [-0.2, 0) is 5.41 Å². The molecule has 1 aliphatic rings. The lowest BCUT2D eigenvalue weighted by Crippen LogP contribution is -2.20. The molecule has 0 heterocycles. The minimum absolute atomic E-state index is 0.140. The minimum Gasteiger partial charge on any atom is -0.0801 e. The van der Waals surface area contributed by atoms with Gasteiger partial charge in [0.1, 0.15) is 0 Å². The van der Waals surface area contributed by atoms with E-state index in [0.717, 1.165) is 6.42 Å².